The van der Waals surface area contributed by atoms with Gasteiger partial charge in [-0.2, -0.15) is 0 Å². The van der Waals surface area contributed by atoms with E-state index in [1.807, 2.05) is 0 Å². The third kappa shape index (κ3) is 3.26. The lowest BCUT2D eigenvalue weighted by Crippen LogP contribution is -2.61. The topological polar surface area (TPSA) is 49.7 Å². The van der Waals surface area contributed by atoms with Gasteiger partial charge in [0.25, 0.3) is 0 Å². The lowest BCUT2D eigenvalue weighted by molar-refractivity contribution is -0.194. The van der Waals surface area contributed by atoms with E-state index < -0.39 is 0 Å². The lowest BCUT2D eigenvalue weighted by Gasteiger charge is -2.64. The Labute approximate surface area is 178 Å². The zero-order valence-electron chi connectivity index (χ0n) is 19.2. The number of nitrogens with zero attached hydrogens (tertiary/aromatic N) is 1. The molecule has 0 aromatic rings. The second kappa shape index (κ2) is 8.12. The SMILES string of the molecule is CC[C@@H]1C2CCCCC2(C)C2CC[C@@]3(C)C(CC[C@@H]3[C@H](C)CCN=C=O)[C@@H]2[C@@H]1O. The van der Waals surface area contributed by atoms with Gasteiger partial charge in [0.05, 0.1) is 12.6 Å². The highest BCUT2D eigenvalue weighted by Crippen LogP contribution is 2.69. The molecule has 0 saturated heterocycles. The maximum atomic E-state index is 11.7. The molecule has 4 unspecified atom stereocenters. The van der Waals surface area contributed by atoms with Crippen LogP contribution in [0.15, 0.2) is 4.99 Å². The first-order valence-corrected chi connectivity index (χ1v) is 12.6. The molecule has 4 aliphatic carbocycles. The van der Waals surface area contributed by atoms with Gasteiger partial charge in [0.2, 0.25) is 6.08 Å². The largest absolute Gasteiger partial charge is 0.393 e. The second-order valence-corrected chi connectivity index (χ2v) is 11.7. The van der Waals surface area contributed by atoms with Crippen molar-refractivity contribution in [2.45, 2.75) is 98.0 Å². The Kier molecular flexibility index (Phi) is 6.04. The number of isocyanates is 1. The van der Waals surface area contributed by atoms with Gasteiger partial charge in [0.15, 0.2) is 0 Å². The summed E-state index contributed by atoms with van der Waals surface area (Å²) in [6, 6.07) is 0. The van der Waals surface area contributed by atoms with E-state index in [0.29, 0.717) is 47.0 Å². The molecule has 4 fully saturated rings. The van der Waals surface area contributed by atoms with Crippen LogP contribution >= 0.6 is 0 Å². The standard InChI is InChI=1S/C26H43NO2/c1-5-18-20-8-6-7-13-25(20,3)22-11-14-26(4)19(17(2)12-15-27-16-28)9-10-21(26)23(22)24(18)29/h17-24,29H,5-15H2,1-4H3/t17-,18-,19-,20?,21?,22?,23+,24-,25?,26-/m1/s1. The van der Waals surface area contributed by atoms with Crippen molar-refractivity contribution in [3.05, 3.63) is 0 Å². The maximum Gasteiger partial charge on any atom is 0.234 e. The van der Waals surface area contributed by atoms with Gasteiger partial charge in [0, 0.05) is 0 Å². The van der Waals surface area contributed by atoms with Crippen LogP contribution in [-0.4, -0.2) is 23.8 Å². The summed E-state index contributed by atoms with van der Waals surface area (Å²) in [7, 11) is 0. The number of carbonyl (C=O) groups excluding carboxylic acids is 1. The molecule has 0 aromatic heterocycles. The summed E-state index contributed by atoms with van der Waals surface area (Å²) in [5.41, 5.74) is 0.801. The van der Waals surface area contributed by atoms with Crippen molar-refractivity contribution < 1.29 is 9.90 Å². The minimum Gasteiger partial charge on any atom is -0.393 e. The summed E-state index contributed by atoms with van der Waals surface area (Å²) in [4.78, 5) is 14.3. The van der Waals surface area contributed by atoms with E-state index in [1.54, 1.807) is 6.08 Å². The highest BCUT2D eigenvalue weighted by atomic mass is 16.3. The van der Waals surface area contributed by atoms with Crippen molar-refractivity contribution in [1.29, 1.82) is 0 Å². The van der Waals surface area contributed by atoms with E-state index in [9.17, 15) is 9.90 Å². The monoisotopic (exact) mass is 401 g/mol. The van der Waals surface area contributed by atoms with Crippen LogP contribution in [0.4, 0.5) is 0 Å². The predicted molar refractivity (Wildman–Crippen MR) is 117 cm³/mol. The van der Waals surface area contributed by atoms with E-state index >= 15 is 0 Å². The average Bonchev–Trinajstić information content (AvgIpc) is 3.06. The van der Waals surface area contributed by atoms with Gasteiger partial charge < -0.3 is 5.11 Å². The first-order chi connectivity index (χ1) is 13.9. The van der Waals surface area contributed by atoms with Crippen LogP contribution in [0.1, 0.15) is 91.9 Å². The summed E-state index contributed by atoms with van der Waals surface area (Å²) in [5, 5.41) is 11.7. The fourth-order valence-electron chi connectivity index (χ4n) is 9.53. The van der Waals surface area contributed by atoms with Crippen LogP contribution in [-0.2, 0) is 4.79 Å². The molecule has 0 aromatic carbocycles. The molecule has 3 heteroatoms. The Morgan fingerprint density at radius 1 is 1.03 bits per heavy atom. The molecular formula is C26H43NO2. The number of rotatable bonds is 5. The molecule has 4 rings (SSSR count). The average molecular weight is 402 g/mol. The number of fused-ring (bicyclic) bond motifs is 5. The lowest BCUT2D eigenvalue weighted by atomic mass is 9.41. The number of aliphatic imine (C=N–C) groups is 1. The van der Waals surface area contributed by atoms with Crippen LogP contribution < -0.4 is 0 Å². The zero-order valence-corrected chi connectivity index (χ0v) is 19.2. The Hall–Kier alpha value is -0.660. The summed E-state index contributed by atoms with van der Waals surface area (Å²) < 4.78 is 0. The normalized spacial score (nSPS) is 50.0. The number of hydrogen-bond donors (Lipinski definition) is 1. The number of aliphatic hydroxyl groups is 1. The first kappa shape index (κ1) is 21.6. The molecule has 0 bridgehead atoms. The molecular weight excluding hydrogens is 358 g/mol. The number of aliphatic hydroxyl groups excluding tert-OH is 1. The van der Waals surface area contributed by atoms with E-state index in [4.69, 9.17) is 0 Å². The van der Waals surface area contributed by atoms with Crippen molar-refractivity contribution in [3.8, 4) is 0 Å². The number of hydrogen-bond acceptors (Lipinski definition) is 3. The Morgan fingerprint density at radius 2 is 1.79 bits per heavy atom. The Balaban J connectivity index is 1.61. The molecule has 0 heterocycles. The van der Waals surface area contributed by atoms with Crippen LogP contribution in [0.3, 0.4) is 0 Å². The van der Waals surface area contributed by atoms with Gasteiger partial charge in [-0.1, -0.05) is 47.0 Å². The van der Waals surface area contributed by atoms with Crippen molar-refractivity contribution in [3.63, 3.8) is 0 Å². The molecule has 4 saturated carbocycles. The van der Waals surface area contributed by atoms with Gasteiger partial charge in [0.1, 0.15) is 0 Å². The first-order valence-electron chi connectivity index (χ1n) is 12.6. The van der Waals surface area contributed by atoms with Crippen molar-refractivity contribution >= 4 is 6.08 Å². The van der Waals surface area contributed by atoms with E-state index in [-0.39, 0.29) is 6.10 Å². The molecule has 0 radical (unpaired) electrons. The summed E-state index contributed by atoms with van der Waals surface area (Å²) in [5.74, 6) is 4.44. The fraction of sp³-hybridized carbons (Fsp3) is 0.962. The molecule has 3 nitrogen and oxygen atoms in total. The van der Waals surface area contributed by atoms with Crippen LogP contribution in [0.25, 0.3) is 0 Å². The summed E-state index contributed by atoms with van der Waals surface area (Å²) >= 11 is 0. The summed E-state index contributed by atoms with van der Waals surface area (Å²) in [6.45, 7) is 10.5. The molecule has 0 aliphatic heterocycles. The van der Waals surface area contributed by atoms with Crippen LogP contribution in [0.5, 0.6) is 0 Å². The smallest absolute Gasteiger partial charge is 0.234 e. The quantitative estimate of drug-likeness (QED) is 0.453. The van der Waals surface area contributed by atoms with Gasteiger partial charge in [-0.15, -0.1) is 0 Å². The minimum atomic E-state index is -0.0977. The van der Waals surface area contributed by atoms with E-state index in [0.717, 1.165) is 24.7 Å². The highest BCUT2D eigenvalue weighted by Gasteiger charge is 2.64. The summed E-state index contributed by atoms with van der Waals surface area (Å²) in [6.07, 6.45) is 14.4. The van der Waals surface area contributed by atoms with Gasteiger partial charge in [-0.3, -0.25) is 0 Å². The molecule has 29 heavy (non-hydrogen) atoms. The molecule has 0 amide bonds. The second-order valence-electron chi connectivity index (χ2n) is 11.7. The van der Waals surface area contributed by atoms with Crippen LogP contribution in [0.2, 0.25) is 0 Å². The Morgan fingerprint density at radius 3 is 2.52 bits per heavy atom. The van der Waals surface area contributed by atoms with E-state index in [1.165, 1.54) is 51.4 Å². The maximum absolute atomic E-state index is 11.7. The van der Waals surface area contributed by atoms with Crippen molar-refractivity contribution in [2.24, 2.45) is 57.2 Å². The third-order valence-electron chi connectivity index (χ3n) is 10.8. The molecule has 4 aliphatic rings. The van der Waals surface area contributed by atoms with Gasteiger partial charge in [-0.25, -0.2) is 9.79 Å². The van der Waals surface area contributed by atoms with Gasteiger partial charge in [-0.05, 0) is 97.2 Å². The third-order valence-corrected chi connectivity index (χ3v) is 10.8. The molecule has 164 valence electrons. The fourth-order valence-corrected chi connectivity index (χ4v) is 9.53. The Bertz CT molecular complexity index is 643. The highest BCUT2D eigenvalue weighted by molar-refractivity contribution is 5.32. The minimum absolute atomic E-state index is 0.0977. The van der Waals surface area contributed by atoms with Gasteiger partial charge >= 0.3 is 0 Å². The van der Waals surface area contributed by atoms with Crippen molar-refractivity contribution in [2.75, 3.05) is 6.54 Å². The zero-order chi connectivity index (χ0) is 20.8. The van der Waals surface area contributed by atoms with Crippen LogP contribution in [0, 0.1) is 52.3 Å². The molecule has 0 spiro atoms. The van der Waals surface area contributed by atoms with Crippen molar-refractivity contribution in [1.82, 2.24) is 0 Å². The molecule has 1 N–H and O–H groups in total. The predicted octanol–water partition coefficient (Wildman–Crippen LogP) is 6.00. The van der Waals surface area contributed by atoms with E-state index in [2.05, 4.69) is 32.7 Å². The molecule has 10 atom stereocenters.